The highest BCUT2D eigenvalue weighted by atomic mass is 32.2. The van der Waals surface area contributed by atoms with Gasteiger partial charge in [0.05, 0.1) is 0 Å². The van der Waals surface area contributed by atoms with Crippen molar-refractivity contribution in [3.05, 3.63) is 59.7 Å². The van der Waals surface area contributed by atoms with E-state index in [9.17, 15) is 4.79 Å². The second-order valence-electron chi connectivity index (χ2n) is 3.68. The normalized spacial score (nSPS) is 10.2. The number of hydrogen-bond donors (Lipinski definition) is 1. The molecular formula is C14H13NOS. The van der Waals surface area contributed by atoms with E-state index in [1.807, 2.05) is 30.5 Å². The fourth-order valence-corrected chi connectivity index (χ4v) is 2.00. The molecule has 0 amide bonds. The molecule has 0 aliphatic carbocycles. The Morgan fingerprint density at radius 1 is 1.06 bits per heavy atom. The van der Waals surface area contributed by atoms with Crippen molar-refractivity contribution < 1.29 is 4.79 Å². The highest BCUT2D eigenvalue weighted by Gasteiger charge is 2.08. The first-order valence-electron chi connectivity index (χ1n) is 5.25. The van der Waals surface area contributed by atoms with Gasteiger partial charge in [0.2, 0.25) is 0 Å². The Bertz CT molecular complexity index is 534. The monoisotopic (exact) mass is 243 g/mol. The van der Waals surface area contributed by atoms with Gasteiger partial charge in [0.15, 0.2) is 5.78 Å². The van der Waals surface area contributed by atoms with E-state index in [2.05, 4.69) is 0 Å². The zero-order chi connectivity index (χ0) is 12.3. The Kier molecular flexibility index (Phi) is 3.49. The van der Waals surface area contributed by atoms with Crippen LogP contribution >= 0.6 is 11.8 Å². The van der Waals surface area contributed by atoms with Crippen molar-refractivity contribution in [2.24, 2.45) is 0 Å². The lowest BCUT2D eigenvalue weighted by Gasteiger charge is -2.03. The number of anilines is 1. The van der Waals surface area contributed by atoms with Gasteiger partial charge < -0.3 is 5.73 Å². The van der Waals surface area contributed by atoms with E-state index in [-0.39, 0.29) is 5.78 Å². The molecule has 0 unspecified atom stereocenters. The molecule has 0 bridgehead atoms. The Hall–Kier alpha value is -1.74. The Morgan fingerprint density at radius 3 is 2.35 bits per heavy atom. The van der Waals surface area contributed by atoms with E-state index < -0.39 is 0 Å². The van der Waals surface area contributed by atoms with Gasteiger partial charge in [0, 0.05) is 21.7 Å². The summed E-state index contributed by atoms with van der Waals surface area (Å²) in [5.41, 5.74) is 7.59. The maximum Gasteiger partial charge on any atom is 0.193 e. The third-order valence-corrected chi connectivity index (χ3v) is 3.24. The molecule has 0 atom stereocenters. The number of carbonyl (C=O) groups excluding carboxylic acids is 1. The van der Waals surface area contributed by atoms with Crippen molar-refractivity contribution >= 4 is 23.2 Å². The standard InChI is InChI=1S/C14H13NOS/c1-17-13-7-5-10(6-8-13)14(16)11-3-2-4-12(15)9-11/h2-9H,15H2,1H3. The largest absolute Gasteiger partial charge is 0.399 e. The summed E-state index contributed by atoms with van der Waals surface area (Å²) in [7, 11) is 0. The van der Waals surface area contributed by atoms with Gasteiger partial charge in [0.25, 0.3) is 0 Å². The van der Waals surface area contributed by atoms with Crippen LogP contribution in [0.3, 0.4) is 0 Å². The number of nitrogen functional groups attached to an aromatic ring is 1. The van der Waals surface area contributed by atoms with Crippen LogP contribution in [0.15, 0.2) is 53.4 Å². The average Bonchev–Trinajstić information content (AvgIpc) is 2.38. The maximum absolute atomic E-state index is 12.1. The Morgan fingerprint density at radius 2 is 1.76 bits per heavy atom. The van der Waals surface area contributed by atoms with E-state index in [1.54, 1.807) is 36.0 Å². The van der Waals surface area contributed by atoms with Crippen LogP contribution in [0.4, 0.5) is 5.69 Å². The van der Waals surface area contributed by atoms with Crippen LogP contribution in [-0.4, -0.2) is 12.0 Å². The number of rotatable bonds is 3. The number of carbonyl (C=O) groups is 1. The fraction of sp³-hybridized carbons (Fsp3) is 0.0714. The summed E-state index contributed by atoms with van der Waals surface area (Å²) in [6, 6.07) is 14.6. The molecule has 0 spiro atoms. The fourth-order valence-electron chi connectivity index (χ4n) is 1.59. The molecule has 0 radical (unpaired) electrons. The minimum absolute atomic E-state index is 0.00459. The minimum Gasteiger partial charge on any atom is -0.399 e. The molecule has 17 heavy (non-hydrogen) atoms. The van der Waals surface area contributed by atoms with E-state index in [4.69, 9.17) is 5.73 Å². The predicted octanol–water partition coefficient (Wildman–Crippen LogP) is 3.22. The van der Waals surface area contributed by atoms with E-state index in [0.717, 1.165) is 4.90 Å². The van der Waals surface area contributed by atoms with E-state index >= 15 is 0 Å². The van der Waals surface area contributed by atoms with Gasteiger partial charge in [-0.05, 0) is 42.7 Å². The number of ketones is 1. The lowest BCUT2D eigenvalue weighted by molar-refractivity contribution is 0.103. The van der Waals surface area contributed by atoms with E-state index in [1.165, 1.54) is 0 Å². The molecule has 2 N–H and O–H groups in total. The highest BCUT2D eigenvalue weighted by Crippen LogP contribution is 2.17. The third-order valence-electron chi connectivity index (χ3n) is 2.50. The molecule has 0 saturated carbocycles. The molecule has 2 nitrogen and oxygen atoms in total. The molecule has 0 saturated heterocycles. The van der Waals surface area contributed by atoms with Crippen LogP contribution < -0.4 is 5.73 Å². The number of nitrogens with two attached hydrogens (primary N) is 1. The molecule has 0 heterocycles. The molecular weight excluding hydrogens is 230 g/mol. The van der Waals surface area contributed by atoms with Crippen molar-refractivity contribution in [1.29, 1.82) is 0 Å². The highest BCUT2D eigenvalue weighted by molar-refractivity contribution is 7.98. The van der Waals surface area contributed by atoms with Gasteiger partial charge in [-0.1, -0.05) is 12.1 Å². The topological polar surface area (TPSA) is 43.1 Å². The van der Waals surface area contributed by atoms with E-state index in [0.29, 0.717) is 16.8 Å². The molecule has 0 aliphatic heterocycles. The van der Waals surface area contributed by atoms with Gasteiger partial charge in [-0.15, -0.1) is 11.8 Å². The summed E-state index contributed by atoms with van der Waals surface area (Å²) in [5.74, 6) is 0.00459. The van der Waals surface area contributed by atoms with Crippen LogP contribution in [0.5, 0.6) is 0 Å². The molecule has 2 aromatic rings. The summed E-state index contributed by atoms with van der Waals surface area (Å²) < 4.78 is 0. The smallest absolute Gasteiger partial charge is 0.193 e. The molecule has 0 fully saturated rings. The van der Waals surface area contributed by atoms with Gasteiger partial charge in [0.1, 0.15) is 0 Å². The predicted molar refractivity (Wildman–Crippen MR) is 72.5 cm³/mol. The molecule has 0 aromatic heterocycles. The van der Waals surface area contributed by atoms with Crippen molar-refractivity contribution in [2.75, 3.05) is 12.0 Å². The maximum atomic E-state index is 12.1. The van der Waals surface area contributed by atoms with Gasteiger partial charge in [-0.3, -0.25) is 4.79 Å². The molecule has 2 aromatic carbocycles. The van der Waals surface area contributed by atoms with Crippen LogP contribution in [-0.2, 0) is 0 Å². The number of hydrogen-bond acceptors (Lipinski definition) is 3. The van der Waals surface area contributed by atoms with Gasteiger partial charge >= 0.3 is 0 Å². The molecule has 0 aliphatic rings. The van der Waals surface area contributed by atoms with Gasteiger partial charge in [-0.2, -0.15) is 0 Å². The van der Waals surface area contributed by atoms with Crippen LogP contribution in [0.25, 0.3) is 0 Å². The molecule has 3 heteroatoms. The first kappa shape index (κ1) is 11.7. The second-order valence-corrected chi connectivity index (χ2v) is 4.56. The number of benzene rings is 2. The van der Waals surface area contributed by atoms with Crippen molar-refractivity contribution in [3.63, 3.8) is 0 Å². The first-order valence-corrected chi connectivity index (χ1v) is 6.47. The number of thioether (sulfide) groups is 1. The lowest BCUT2D eigenvalue weighted by atomic mass is 10.0. The summed E-state index contributed by atoms with van der Waals surface area (Å²) in [6.07, 6.45) is 2.01. The zero-order valence-corrected chi connectivity index (χ0v) is 10.3. The summed E-state index contributed by atoms with van der Waals surface area (Å²) >= 11 is 1.66. The summed E-state index contributed by atoms with van der Waals surface area (Å²) in [4.78, 5) is 13.3. The van der Waals surface area contributed by atoms with Crippen LogP contribution in [0, 0.1) is 0 Å². The zero-order valence-electron chi connectivity index (χ0n) is 9.51. The van der Waals surface area contributed by atoms with Gasteiger partial charge in [-0.25, -0.2) is 0 Å². The van der Waals surface area contributed by atoms with Crippen LogP contribution in [0.2, 0.25) is 0 Å². The van der Waals surface area contributed by atoms with Crippen molar-refractivity contribution in [2.45, 2.75) is 4.90 Å². The Labute approximate surface area is 105 Å². The van der Waals surface area contributed by atoms with Crippen molar-refractivity contribution in [1.82, 2.24) is 0 Å². The third kappa shape index (κ3) is 2.68. The first-order chi connectivity index (χ1) is 8.20. The summed E-state index contributed by atoms with van der Waals surface area (Å²) in [6.45, 7) is 0. The molecule has 2 rings (SSSR count). The lowest BCUT2D eigenvalue weighted by Crippen LogP contribution is -2.01. The average molecular weight is 243 g/mol. The quantitative estimate of drug-likeness (QED) is 0.511. The Balaban J connectivity index is 2.30. The SMILES string of the molecule is CSc1ccc(C(=O)c2cccc(N)c2)cc1. The molecule has 86 valence electrons. The van der Waals surface area contributed by atoms with Crippen molar-refractivity contribution in [3.8, 4) is 0 Å². The van der Waals surface area contributed by atoms with Crippen LogP contribution in [0.1, 0.15) is 15.9 Å². The minimum atomic E-state index is 0.00459. The second kappa shape index (κ2) is 5.06. The summed E-state index contributed by atoms with van der Waals surface area (Å²) in [5, 5.41) is 0.